The lowest BCUT2D eigenvalue weighted by Crippen LogP contribution is -2.73. The number of aromatic nitrogens is 2. The van der Waals surface area contributed by atoms with Crippen molar-refractivity contribution < 1.29 is 77.7 Å². The Bertz CT molecular complexity index is 1260. The van der Waals surface area contributed by atoms with E-state index in [9.17, 15) is 54.5 Å². The van der Waals surface area contributed by atoms with Gasteiger partial charge in [0.2, 0.25) is 5.91 Å². The second kappa shape index (κ2) is 12.9. The standard InChI is InChI=1S/C20H30FN4O16P/c1-6(27)23-10-13(31)16(21)20(18(33)34,40-15(10)11(29)7(28)4-26)41-42(36,37)38-5-8-12(30)14(32)17(39-8)25-3-2-9(22)24-19(25)35/h2-3,7-8,10-17,26,28-32H,4-5H2,1H3,(H,23,27)(H,33,34)(H,36,37)(H2,22,24,35)/t7-,8-,10-,11-,12-,13?,14-,15?,16+,17-,20-/m1/s1. The topological polar surface area (TPSA) is 323 Å². The van der Waals surface area contributed by atoms with Crippen molar-refractivity contribution in [3.63, 3.8) is 0 Å². The Morgan fingerprint density at radius 1 is 1.29 bits per heavy atom. The zero-order valence-corrected chi connectivity index (χ0v) is 22.4. The number of amides is 1. The first-order valence-corrected chi connectivity index (χ1v) is 13.5. The number of nitrogen functional groups attached to an aromatic ring is 1. The second-order valence-electron chi connectivity index (χ2n) is 9.36. The molecule has 0 aromatic carbocycles. The number of aliphatic hydroxyl groups is 6. The number of anilines is 1. The summed E-state index contributed by atoms with van der Waals surface area (Å²) in [6.45, 7) is -1.39. The van der Waals surface area contributed by atoms with E-state index in [-0.39, 0.29) is 5.82 Å². The third kappa shape index (κ3) is 6.77. The summed E-state index contributed by atoms with van der Waals surface area (Å²) in [5, 5.41) is 72.2. The fourth-order valence-electron chi connectivity index (χ4n) is 4.31. The number of rotatable bonds is 11. The average molecular weight is 632 g/mol. The van der Waals surface area contributed by atoms with E-state index in [0.717, 1.165) is 17.7 Å². The number of nitrogens with zero attached hydrogens (tertiary/aromatic N) is 2. The predicted octanol–water partition coefficient (Wildman–Crippen LogP) is -5.32. The molecule has 20 nitrogen and oxygen atoms in total. The highest BCUT2D eigenvalue weighted by Crippen LogP contribution is 2.52. The molecule has 0 saturated carbocycles. The van der Waals surface area contributed by atoms with Crippen molar-refractivity contribution >= 4 is 25.5 Å². The quantitative estimate of drug-likeness (QED) is 0.102. The highest BCUT2D eigenvalue weighted by atomic mass is 31.2. The minimum absolute atomic E-state index is 0.167. The second-order valence-corrected chi connectivity index (χ2v) is 10.7. The van der Waals surface area contributed by atoms with Gasteiger partial charge in [-0.25, -0.2) is 23.1 Å². The molecule has 3 heterocycles. The van der Waals surface area contributed by atoms with Crippen molar-refractivity contribution in [1.29, 1.82) is 0 Å². The number of hydrogen-bond acceptors (Lipinski definition) is 16. The van der Waals surface area contributed by atoms with Crippen LogP contribution in [-0.2, 0) is 32.7 Å². The maximum atomic E-state index is 15.4. The number of phosphoric ester groups is 1. The van der Waals surface area contributed by atoms with Gasteiger partial charge >= 0.3 is 25.3 Å². The van der Waals surface area contributed by atoms with Crippen LogP contribution >= 0.6 is 7.82 Å². The number of nitrogens with two attached hydrogens (primary N) is 1. The van der Waals surface area contributed by atoms with E-state index >= 15 is 4.39 Å². The third-order valence-electron chi connectivity index (χ3n) is 6.40. The van der Waals surface area contributed by atoms with Crippen LogP contribution in [0.25, 0.3) is 0 Å². The van der Waals surface area contributed by atoms with Crippen molar-refractivity contribution in [3.05, 3.63) is 22.7 Å². The molecule has 1 amide bonds. The van der Waals surface area contributed by atoms with Gasteiger partial charge in [-0.15, -0.1) is 0 Å². The van der Waals surface area contributed by atoms with E-state index in [0.29, 0.717) is 0 Å². The largest absolute Gasteiger partial charge is 0.477 e. The Labute approximate surface area is 234 Å². The minimum Gasteiger partial charge on any atom is -0.477 e. The molecule has 1 aromatic rings. The van der Waals surface area contributed by atoms with Crippen molar-refractivity contribution in [1.82, 2.24) is 14.9 Å². The van der Waals surface area contributed by atoms with Crippen LogP contribution in [-0.4, -0.2) is 136 Å². The Balaban J connectivity index is 1.83. The van der Waals surface area contributed by atoms with E-state index in [1.54, 1.807) is 0 Å². The Kier molecular flexibility index (Phi) is 10.4. The van der Waals surface area contributed by atoms with E-state index < -0.39 is 106 Å². The highest BCUT2D eigenvalue weighted by Gasteiger charge is 2.65. The number of carboxylic acid groups (broad SMARTS) is 1. The molecule has 0 aliphatic carbocycles. The molecule has 3 rings (SSSR count). The molecule has 3 unspecified atom stereocenters. The number of hydrogen-bond donors (Lipinski definition) is 10. The Morgan fingerprint density at radius 3 is 2.48 bits per heavy atom. The maximum absolute atomic E-state index is 15.4. The van der Waals surface area contributed by atoms with Crippen molar-refractivity contribution in [2.45, 2.75) is 73.9 Å². The zero-order chi connectivity index (χ0) is 31.7. The maximum Gasteiger partial charge on any atom is 0.475 e. The van der Waals surface area contributed by atoms with Gasteiger partial charge in [-0.1, -0.05) is 0 Å². The van der Waals surface area contributed by atoms with E-state index in [2.05, 4.69) is 14.0 Å². The Hall–Kier alpha value is -2.66. The normalized spacial score (nSPS) is 36.1. The first-order chi connectivity index (χ1) is 19.5. The SMILES string of the molecule is CC(=O)N[C@H]1C([C@H](O)[C@H](O)CO)O[C@](OP(=O)(O)OC[C@H]2O[C@@H](n3ccc(N)nc3=O)[C@H](O)[C@@H]2O)(C(=O)O)[C@@H](F)C1O. The third-order valence-corrected chi connectivity index (χ3v) is 7.37. The molecule has 2 fully saturated rings. The lowest BCUT2D eigenvalue weighted by molar-refractivity contribution is -0.314. The number of carboxylic acids is 1. The summed E-state index contributed by atoms with van der Waals surface area (Å²) in [4.78, 5) is 49.5. The van der Waals surface area contributed by atoms with Crippen molar-refractivity contribution in [3.8, 4) is 0 Å². The summed E-state index contributed by atoms with van der Waals surface area (Å²) in [5.74, 6) is -7.48. The van der Waals surface area contributed by atoms with Crippen LogP contribution in [0.3, 0.4) is 0 Å². The predicted molar refractivity (Wildman–Crippen MR) is 129 cm³/mol. The van der Waals surface area contributed by atoms with Crippen LogP contribution in [0.4, 0.5) is 10.2 Å². The van der Waals surface area contributed by atoms with Gasteiger partial charge in [0, 0.05) is 13.1 Å². The van der Waals surface area contributed by atoms with E-state index in [1.807, 2.05) is 5.32 Å². The fourth-order valence-corrected chi connectivity index (χ4v) is 5.27. The van der Waals surface area contributed by atoms with Gasteiger partial charge in [0.05, 0.1) is 19.3 Å². The van der Waals surface area contributed by atoms with Gasteiger partial charge in [0.15, 0.2) is 12.4 Å². The smallest absolute Gasteiger partial charge is 0.475 e. The number of nitrogens with one attached hydrogen (secondary N) is 1. The first kappa shape index (κ1) is 33.8. The molecule has 2 aliphatic rings. The molecule has 2 aliphatic heterocycles. The molecule has 22 heteroatoms. The zero-order valence-electron chi connectivity index (χ0n) is 21.5. The van der Waals surface area contributed by atoms with E-state index in [4.69, 9.17) is 20.3 Å². The van der Waals surface area contributed by atoms with Gasteiger partial charge in [0.25, 0.3) is 0 Å². The summed E-state index contributed by atoms with van der Waals surface area (Å²) >= 11 is 0. The van der Waals surface area contributed by atoms with Gasteiger partial charge in [-0.3, -0.25) is 13.9 Å². The van der Waals surface area contributed by atoms with Crippen LogP contribution in [0.5, 0.6) is 0 Å². The monoisotopic (exact) mass is 632 g/mol. The van der Waals surface area contributed by atoms with Crippen LogP contribution in [0.15, 0.2) is 17.1 Å². The van der Waals surface area contributed by atoms with E-state index in [1.165, 1.54) is 6.07 Å². The Morgan fingerprint density at radius 2 is 1.93 bits per heavy atom. The lowest BCUT2D eigenvalue weighted by Gasteiger charge is -2.48. The number of phosphoric acid groups is 1. The van der Waals surface area contributed by atoms with Gasteiger partial charge < -0.3 is 61.2 Å². The summed E-state index contributed by atoms with van der Waals surface area (Å²) in [6.07, 6.45) is -18.4. The molecule has 238 valence electrons. The average Bonchev–Trinajstić information content (AvgIpc) is 3.19. The number of ether oxygens (including phenoxy) is 2. The number of carbonyl (C=O) groups excluding carboxylic acids is 1. The van der Waals surface area contributed by atoms with Crippen LogP contribution in [0, 0.1) is 0 Å². The summed E-state index contributed by atoms with van der Waals surface area (Å²) in [7, 11) is -5.79. The number of carbonyl (C=O) groups is 2. The highest BCUT2D eigenvalue weighted by molar-refractivity contribution is 7.47. The number of alkyl halides is 1. The number of aliphatic hydroxyl groups excluding tert-OH is 6. The molecular weight excluding hydrogens is 602 g/mol. The number of aliphatic carboxylic acids is 1. The van der Waals surface area contributed by atoms with Crippen LogP contribution in [0.2, 0.25) is 0 Å². The van der Waals surface area contributed by atoms with Gasteiger partial charge in [0.1, 0.15) is 48.5 Å². The molecule has 0 radical (unpaired) electrons. The molecule has 1 aromatic heterocycles. The summed E-state index contributed by atoms with van der Waals surface area (Å²) in [6, 6.07) is -0.795. The lowest BCUT2D eigenvalue weighted by atomic mass is 9.87. The van der Waals surface area contributed by atoms with Crippen LogP contribution in [0.1, 0.15) is 13.2 Å². The molecule has 0 bridgehead atoms. The molecule has 2 saturated heterocycles. The molecule has 42 heavy (non-hydrogen) atoms. The summed E-state index contributed by atoms with van der Waals surface area (Å²) < 4.78 is 48.4. The molecule has 11 N–H and O–H groups in total. The molecule has 0 spiro atoms. The van der Waals surface area contributed by atoms with Gasteiger partial charge in [-0.2, -0.15) is 4.98 Å². The van der Waals surface area contributed by atoms with Crippen molar-refractivity contribution in [2.24, 2.45) is 0 Å². The van der Waals surface area contributed by atoms with Crippen LogP contribution < -0.4 is 16.7 Å². The minimum atomic E-state index is -5.79. The van der Waals surface area contributed by atoms with Crippen molar-refractivity contribution in [2.75, 3.05) is 18.9 Å². The molecule has 12 atom stereocenters. The number of halogens is 1. The molecular formula is C20H30FN4O16P. The van der Waals surface area contributed by atoms with Gasteiger partial charge in [-0.05, 0) is 6.07 Å². The first-order valence-electron chi connectivity index (χ1n) is 12.0. The fraction of sp³-hybridized carbons (Fsp3) is 0.700. The summed E-state index contributed by atoms with van der Waals surface area (Å²) in [5.41, 5.74) is 4.40.